The molecule has 8 heteroatoms. The molecule has 1 atom stereocenters. The lowest BCUT2D eigenvalue weighted by Crippen LogP contribution is -2.45. The van der Waals surface area contributed by atoms with E-state index in [1.54, 1.807) is 11.3 Å². The number of aromatic nitrogens is 2. The van der Waals surface area contributed by atoms with Gasteiger partial charge in [0.1, 0.15) is 0 Å². The number of halogens is 1. The van der Waals surface area contributed by atoms with Gasteiger partial charge in [0.05, 0.1) is 18.2 Å². The van der Waals surface area contributed by atoms with Crippen LogP contribution in [0, 0.1) is 0 Å². The molecular formula is C24H19ClN4OS2. The van der Waals surface area contributed by atoms with Gasteiger partial charge in [-0.2, -0.15) is 4.98 Å². The fraction of sp³-hybridized carbons (Fsp3) is 0.125. The van der Waals surface area contributed by atoms with Crippen molar-refractivity contribution in [3.63, 3.8) is 0 Å². The van der Waals surface area contributed by atoms with Crippen molar-refractivity contribution < 1.29 is 4.52 Å². The molecule has 4 aromatic rings. The number of nitrogens with zero attached hydrogens (tertiary/aromatic N) is 3. The summed E-state index contributed by atoms with van der Waals surface area (Å²) in [6, 6.07) is 21.5. The van der Waals surface area contributed by atoms with Gasteiger partial charge in [-0.05, 0) is 60.4 Å². The second-order valence-corrected chi connectivity index (χ2v) is 9.24. The third-order valence-electron chi connectivity index (χ3n) is 5.38. The first-order valence-corrected chi connectivity index (χ1v) is 11.7. The molecule has 1 aliphatic heterocycles. The number of allylic oxidation sites excluding steroid dienone is 1. The molecule has 2 aromatic carbocycles. The molecule has 0 fully saturated rings. The van der Waals surface area contributed by atoms with Crippen LogP contribution in [-0.2, 0) is 6.54 Å². The summed E-state index contributed by atoms with van der Waals surface area (Å²) in [5, 5.41) is 11.1. The second-order valence-electron chi connectivity index (χ2n) is 7.39. The largest absolute Gasteiger partial charge is 0.351 e. The van der Waals surface area contributed by atoms with Crippen LogP contribution in [0.25, 0.3) is 17.0 Å². The van der Waals surface area contributed by atoms with Crippen LogP contribution >= 0.6 is 35.2 Å². The maximum absolute atomic E-state index is 6.02. The van der Waals surface area contributed by atoms with Crippen LogP contribution < -0.4 is 5.32 Å². The lowest BCUT2D eigenvalue weighted by atomic mass is 9.95. The summed E-state index contributed by atoms with van der Waals surface area (Å²) in [4.78, 5) is 8.04. The summed E-state index contributed by atoms with van der Waals surface area (Å²) in [6.45, 7) is 2.73. The Bertz CT molecular complexity index is 1270. The van der Waals surface area contributed by atoms with E-state index in [-0.39, 0.29) is 6.04 Å². The summed E-state index contributed by atoms with van der Waals surface area (Å²) in [6.07, 6.45) is 0. The van der Waals surface area contributed by atoms with E-state index in [0.29, 0.717) is 28.4 Å². The zero-order valence-corrected chi connectivity index (χ0v) is 19.5. The van der Waals surface area contributed by atoms with Crippen molar-refractivity contribution in [1.82, 2.24) is 20.4 Å². The van der Waals surface area contributed by atoms with Gasteiger partial charge in [0.2, 0.25) is 5.82 Å². The number of nitrogens with one attached hydrogen (secondary N) is 1. The van der Waals surface area contributed by atoms with Gasteiger partial charge in [-0.1, -0.05) is 53.2 Å². The van der Waals surface area contributed by atoms with Gasteiger partial charge in [0, 0.05) is 21.2 Å². The smallest absolute Gasteiger partial charge is 0.258 e. The fourth-order valence-corrected chi connectivity index (χ4v) is 4.89. The first kappa shape index (κ1) is 20.9. The number of hydrogen-bond acceptors (Lipinski definition) is 5. The average molecular weight is 479 g/mol. The Balaban J connectivity index is 1.59. The van der Waals surface area contributed by atoms with Crippen molar-refractivity contribution in [1.29, 1.82) is 0 Å². The van der Waals surface area contributed by atoms with Crippen LogP contribution in [0.15, 0.2) is 82.3 Å². The quantitative estimate of drug-likeness (QED) is 0.339. The van der Waals surface area contributed by atoms with Gasteiger partial charge in [-0.3, -0.25) is 0 Å². The Morgan fingerprint density at radius 2 is 1.88 bits per heavy atom. The molecule has 1 unspecified atom stereocenters. The molecule has 0 saturated carbocycles. The molecule has 0 aliphatic carbocycles. The zero-order chi connectivity index (χ0) is 22.1. The van der Waals surface area contributed by atoms with Crippen LogP contribution in [0.5, 0.6) is 0 Å². The van der Waals surface area contributed by atoms with E-state index < -0.39 is 0 Å². The molecule has 160 valence electrons. The molecule has 5 nitrogen and oxygen atoms in total. The molecule has 3 heterocycles. The van der Waals surface area contributed by atoms with Crippen LogP contribution in [0.4, 0.5) is 0 Å². The number of benzene rings is 2. The number of rotatable bonds is 5. The molecular weight excluding hydrogens is 460 g/mol. The summed E-state index contributed by atoms with van der Waals surface area (Å²) in [7, 11) is 0. The number of thiocarbonyl (C=S) groups is 1. The van der Waals surface area contributed by atoms with E-state index in [2.05, 4.69) is 45.9 Å². The predicted molar refractivity (Wildman–Crippen MR) is 132 cm³/mol. The van der Waals surface area contributed by atoms with Crippen LogP contribution in [0.1, 0.15) is 29.3 Å². The van der Waals surface area contributed by atoms with Crippen molar-refractivity contribution in [3.05, 3.63) is 99.2 Å². The Kier molecular flexibility index (Phi) is 5.78. The summed E-state index contributed by atoms with van der Waals surface area (Å²) in [5.41, 5.74) is 3.82. The van der Waals surface area contributed by atoms with E-state index in [1.807, 2.05) is 48.5 Å². The number of hydrogen-bond donors (Lipinski definition) is 1. The van der Waals surface area contributed by atoms with Crippen LogP contribution in [0.2, 0.25) is 5.02 Å². The van der Waals surface area contributed by atoms with Crippen LogP contribution in [0.3, 0.4) is 0 Å². The third-order valence-corrected chi connectivity index (χ3v) is 6.83. The number of thiophene rings is 1. The Morgan fingerprint density at radius 1 is 1.09 bits per heavy atom. The third kappa shape index (κ3) is 4.07. The minimum absolute atomic E-state index is 0.193. The minimum Gasteiger partial charge on any atom is -0.351 e. The predicted octanol–water partition coefficient (Wildman–Crippen LogP) is 6.31. The molecule has 0 radical (unpaired) electrons. The first-order chi connectivity index (χ1) is 15.6. The summed E-state index contributed by atoms with van der Waals surface area (Å²) < 4.78 is 5.77. The van der Waals surface area contributed by atoms with E-state index >= 15 is 0 Å². The topological polar surface area (TPSA) is 54.2 Å². The van der Waals surface area contributed by atoms with Gasteiger partial charge in [-0.25, -0.2) is 0 Å². The highest BCUT2D eigenvalue weighted by Gasteiger charge is 2.34. The summed E-state index contributed by atoms with van der Waals surface area (Å²) in [5.74, 6) is 0.981. The minimum atomic E-state index is -0.193. The molecule has 2 aromatic heterocycles. The van der Waals surface area contributed by atoms with E-state index in [4.69, 9.17) is 33.3 Å². The molecule has 0 saturated heterocycles. The van der Waals surface area contributed by atoms with Crippen molar-refractivity contribution in [2.75, 3.05) is 0 Å². The van der Waals surface area contributed by atoms with Gasteiger partial charge >= 0.3 is 0 Å². The molecule has 1 N–H and O–H groups in total. The lowest BCUT2D eigenvalue weighted by molar-refractivity contribution is 0.396. The standard InChI is InChI=1S/C24H19ClN4OS2/c1-15-20(23-27-22(28-30-23)17-9-11-18(25)12-10-17)21(16-6-3-2-4-7-16)26-24(31)29(15)14-19-8-5-13-32-19/h2-13,21H,14H2,1H3,(H,26,31). The zero-order valence-electron chi connectivity index (χ0n) is 17.2. The lowest BCUT2D eigenvalue weighted by Gasteiger charge is -2.37. The molecule has 0 bridgehead atoms. The van der Waals surface area contributed by atoms with Crippen molar-refractivity contribution in [2.45, 2.75) is 19.5 Å². The highest BCUT2D eigenvalue weighted by molar-refractivity contribution is 7.80. The molecule has 0 amide bonds. The van der Waals surface area contributed by atoms with Crippen molar-refractivity contribution in [3.8, 4) is 11.4 Å². The monoisotopic (exact) mass is 478 g/mol. The fourth-order valence-electron chi connectivity index (χ4n) is 3.75. The SMILES string of the molecule is CC1=C(c2nc(-c3ccc(Cl)cc3)no2)C(c2ccccc2)NC(=S)N1Cc1cccs1. The molecule has 0 spiro atoms. The van der Waals surface area contributed by atoms with Crippen molar-refractivity contribution in [2.24, 2.45) is 0 Å². The van der Waals surface area contributed by atoms with Crippen molar-refractivity contribution >= 4 is 45.8 Å². The van der Waals surface area contributed by atoms with E-state index in [1.165, 1.54) is 4.88 Å². The Labute approximate surface area is 200 Å². The second kappa shape index (κ2) is 8.86. The maximum Gasteiger partial charge on any atom is 0.258 e. The molecule has 1 aliphatic rings. The first-order valence-electron chi connectivity index (χ1n) is 10.1. The maximum atomic E-state index is 6.02. The summed E-state index contributed by atoms with van der Waals surface area (Å²) >= 11 is 13.5. The normalized spacial score (nSPS) is 16.4. The average Bonchev–Trinajstić information content (AvgIpc) is 3.50. The van der Waals surface area contributed by atoms with Gasteiger partial charge in [0.15, 0.2) is 5.11 Å². The van der Waals surface area contributed by atoms with Gasteiger partial charge < -0.3 is 14.7 Å². The highest BCUT2D eigenvalue weighted by atomic mass is 35.5. The molecule has 32 heavy (non-hydrogen) atoms. The Hall–Kier alpha value is -3.00. The molecule has 5 rings (SSSR count). The van der Waals surface area contributed by atoms with Crippen LogP contribution in [-0.4, -0.2) is 20.2 Å². The highest BCUT2D eigenvalue weighted by Crippen LogP contribution is 2.38. The van der Waals surface area contributed by atoms with E-state index in [9.17, 15) is 0 Å². The Morgan fingerprint density at radius 3 is 2.59 bits per heavy atom. The van der Waals surface area contributed by atoms with E-state index in [0.717, 1.165) is 22.4 Å². The van der Waals surface area contributed by atoms with Gasteiger partial charge in [-0.15, -0.1) is 11.3 Å². The van der Waals surface area contributed by atoms with Gasteiger partial charge in [0.25, 0.3) is 5.89 Å².